The van der Waals surface area contributed by atoms with E-state index >= 15 is 0 Å². The van der Waals surface area contributed by atoms with Gasteiger partial charge in [0.25, 0.3) is 0 Å². The highest BCUT2D eigenvalue weighted by atomic mass is 19.1. The lowest BCUT2D eigenvalue weighted by Crippen LogP contribution is -2.18. The molecule has 0 heterocycles. The van der Waals surface area contributed by atoms with E-state index in [-0.39, 0.29) is 12.3 Å². The van der Waals surface area contributed by atoms with Gasteiger partial charge < -0.3 is 9.94 Å². The molecule has 0 fully saturated rings. The first-order valence-electron chi connectivity index (χ1n) is 4.34. The van der Waals surface area contributed by atoms with Crippen LogP contribution in [0.2, 0.25) is 0 Å². The molecule has 0 bridgehead atoms. The first-order valence-corrected chi connectivity index (χ1v) is 4.34. The Hall–Kier alpha value is -1.91. The summed E-state index contributed by atoms with van der Waals surface area (Å²) in [6, 6.07) is 5.00. The lowest BCUT2D eigenvalue weighted by atomic mass is 10.1. The molecule has 0 aliphatic carbocycles. The monoisotopic (exact) mass is 211 g/mol. The Balaban J connectivity index is 2.94. The third-order valence-electron chi connectivity index (χ3n) is 1.69. The van der Waals surface area contributed by atoms with Crippen LogP contribution < -0.4 is 0 Å². The minimum absolute atomic E-state index is 0.180. The van der Waals surface area contributed by atoms with Gasteiger partial charge in [0.1, 0.15) is 5.82 Å². The van der Waals surface area contributed by atoms with E-state index in [1.54, 1.807) is 6.92 Å². The van der Waals surface area contributed by atoms with Crippen LogP contribution in [0.5, 0.6) is 0 Å². The van der Waals surface area contributed by atoms with Gasteiger partial charge in [-0.15, -0.1) is 0 Å². The quantitative estimate of drug-likeness (QED) is 0.357. The molecular weight excluding hydrogens is 201 g/mol. The van der Waals surface area contributed by atoms with E-state index in [4.69, 9.17) is 5.21 Å². The van der Waals surface area contributed by atoms with Gasteiger partial charge in [0, 0.05) is 5.56 Å². The molecule has 0 aliphatic heterocycles. The molecule has 0 amide bonds. The van der Waals surface area contributed by atoms with E-state index in [1.807, 2.05) is 0 Å². The highest BCUT2D eigenvalue weighted by molar-refractivity contribution is 6.43. The van der Waals surface area contributed by atoms with E-state index in [1.165, 1.54) is 24.3 Å². The smallest absolute Gasteiger partial charge is 0.361 e. The van der Waals surface area contributed by atoms with Crippen LogP contribution in [0.15, 0.2) is 29.4 Å². The van der Waals surface area contributed by atoms with Crippen LogP contribution in [0.1, 0.15) is 12.5 Å². The van der Waals surface area contributed by atoms with Crippen molar-refractivity contribution in [3.05, 3.63) is 35.6 Å². The number of hydrogen-bond donors (Lipinski definition) is 1. The van der Waals surface area contributed by atoms with E-state index in [2.05, 4.69) is 9.89 Å². The molecule has 1 N–H and O–H groups in total. The van der Waals surface area contributed by atoms with E-state index < -0.39 is 11.8 Å². The molecule has 4 nitrogen and oxygen atoms in total. The maximum absolute atomic E-state index is 12.6. The summed E-state index contributed by atoms with van der Waals surface area (Å²) >= 11 is 0. The molecule has 1 aromatic carbocycles. The molecular formula is C10H10FNO3. The average Bonchev–Trinajstić information content (AvgIpc) is 2.22. The van der Waals surface area contributed by atoms with E-state index in [9.17, 15) is 9.18 Å². The first kappa shape index (κ1) is 11.2. The van der Waals surface area contributed by atoms with Gasteiger partial charge >= 0.3 is 5.97 Å². The van der Waals surface area contributed by atoms with Crippen molar-refractivity contribution in [2.45, 2.75) is 6.92 Å². The van der Waals surface area contributed by atoms with Gasteiger partial charge in [-0.05, 0) is 31.2 Å². The average molecular weight is 211 g/mol. The number of benzene rings is 1. The standard InChI is InChI=1S/C10H10FNO3/c1-2-15-10(13)9(12-14)7-3-5-8(11)6-4-7/h3-6,14H,2H2,1H3/b12-9-. The fourth-order valence-corrected chi connectivity index (χ4v) is 1.02. The molecule has 0 atom stereocenters. The molecule has 80 valence electrons. The zero-order valence-electron chi connectivity index (χ0n) is 8.11. The Morgan fingerprint density at radius 3 is 2.53 bits per heavy atom. The third-order valence-corrected chi connectivity index (χ3v) is 1.69. The largest absolute Gasteiger partial charge is 0.461 e. The van der Waals surface area contributed by atoms with Crippen LogP contribution in [-0.2, 0) is 9.53 Å². The molecule has 15 heavy (non-hydrogen) atoms. The molecule has 0 saturated heterocycles. The van der Waals surface area contributed by atoms with Crippen molar-refractivity contribution in [2.24, 2.45) is 5.16 Å². The van der Waals surface area contributed by atoms with Crippen molar-refractivity contribution in [2.75, 3.05) is 6.61 Å². The summed E-state index contributed by atoms with van der Waals surface area (Å²) in [7, 11) is 0. The van der Waals surface area contributed by atoms with Crippen molar-refractivity contribution in [3.8, 4) is 0 Å². The highest BCUT2D eigenvalue weighted by Gasteiger charge is 2.15. The lowest BCUT2D eigenvalue weighted by Gasteiger charge is -2.03. The summed E-state index contributed by atoms with van der Waals surface area (Å²) in [4.78, 5) is 11.3. The Labute approximate surface area is 86.0 Å². The second kappa shape index (κ2) is 5.09. The summed E-state index contributed by atoms with van der Waals surface area (Å²) in [5, 5.41) is 11.5. The number of carbonyl (C=O) groups excluding carboxylic acids is 1. The summed E-state index contributed by atoms with van der Waals surface area (Å²) < 4.78 is 17.2. The van der Waals surface area contributed by atoms with Crippen LogP contribution >= 0.6 is 0 Å². The van der Waals surface area contributed by atoms with Gasteiger partial charge in [-0.25, -0.2) is 9.18 Å². The van der Waals surface area contributed by atoms with Gasteiger partial charge in [-0.1, -0.05) is 5.16 Å². The number of hydrogen-bond acceptors (Lipinski definition) is 4. The maximum Gasteiger partial charge on any atom is 0.361 e. The van der Waals surface area contributed by atoms with Crippen LogP contribution in [0.3, 0.4) is 0 Å². The molecule has 0 unspecified atom stereocenters. The number of esters is 1. The van der Waals surface area contributed by atoms with E-state index in [0.717, 1.165) is 0 Å². The van der Waals surface area contributed by atoms with Crippen molar-refractivity contribution >= 4 is 11.7 Å². The SMILES string of the molecule is CCOC(=O)/C(=N\O)c1ccc(F)cc1. The number of halogens is 1. The van der Waals surface area contributed by atoms with Gasteiger partial charge in [-0.3, -0.25) is 0 Å². The second-order valence-corrected chi connectivity index (χ2v) is 2.68. The molecule has 0 aliphatic rings. The molecule has 0 radical (unpaired) electrons. The molecule has 1 rings (SSSR count). The molecule has 0 spiro atoms. The second-order valence-electron chi connectivity index (χ2n) is 2.68. The summed E-state index contributed by atoms with van der Waals surface area (Å²) in [6.07, 6.45) is 0. The fraction of sp³-hybridized carbons (Fsp3) is 0.200. The van der Waals surface area contributed by atoms with Crippen LogP contribution in [0.25, 0.3) is 0 Å². The predicted octanol–water partition coefficient (Wildman–Crippen LogP) is 1.57. The molecule has 0 aromatic heterocycles. The van der Waals surface area contributed by atoms with Crippen LogP contribution in [0.4, 0.5) is 4.39 Å². The van der Waals surface area contributed by atoms with Crippen LogP contribution in [-0.4, -0.2) is 23.5 Å². The van der Waals surface area contributed by atoms with E-state index in [0.29, 0.717) is 5.56 Å². The predicted molar refractivity (Wildman–Crippen MR) is 51.4 cm³/mol. The molecule has 5 heteroatoms. The minimum Gasteiger partial charge on any atom is -0.461 e. The Morgan fingerprint density at radius 1 is 1.47 bits per heavy atom. The normalized spacial score (nSPS) is 11.2. The number of carbonyl (C=O) groups is 1. The van der Waals surface area contributed by atoms with Crippen molar-refractivity contribution in [3.63, 3.8) is 0 Å². The van der Waals surface area contributed by atoms with Crippen molar-refractivity contribution in [1.29, 1.82) is 0 Å². The van der Waals surface area contributed by atoms with Crippen molar-refractivity contribution < 1.29 is 19.1 Å². The van der Waals surface area contributed by atoms with Gasteiger partial charge in [0.15, 0.2) is 5.71 Å². The van der Waals surface area contributed by atoms with Gasteiger partial charge in [0.2, 0.25) is 0 Å². The zero-order chi connectivity index (χ0) is 11.3. The fourth-order valence-electron chi connectivity index (χ4n) is 1.02. The van der Waals surface area contributed by atoms with Gasteiger partial charge in [0.05, 0.1) is 6.61 Å². The van der Waals surface area contributed by atoms with Crippen LogP contribution in [0, 0.1) is 5.82 Å². The minimum atomic E-state index is -0.744. The lowest BCUT2D eigenvalue weighted by molar-refractivity contribution is -0.135. The number of ether oxygens (including phenoxy) is 1. The third kappa shape index (κ3) is 2.77. The Kier molecular flexibility index (Phi) is 3.79. The maximum atomic E-state index is 12.6. The number of rotatable bonds is 3. The summed E-state index contributed by atoms with van der Waals surface area (Å²) in [6.45, 7) is 1.82. The van der Waals surface area contributed by atoms with Gasteiger partial charge in [-0.2, -0.15) is 0 Å². The van der Waals surface area contributed by atoms with Crippen molar-refractivity contribution in [1.82, 2.24) is 0 Å². The molecule has 1 aromatic rings. The Bertz CT molecular complexity index is 373. The Morgan fingerprint density at radius 2 is 2.07 bits per heavy atom. The number of oxime groups is 1. The topological polar surface area (TPSA) is 58.9 Å². The highest BCUT2D eigenvalue weighted by Crippen LogP contribution is 2.05. The summed E-state index contributed by atoms with van der Waals surface area (Å²) in [5.74, 6) is -1.17. The summed E-state index contributed by atoms with van der Waals surface area (Å²) in [5.41, 5.74) is 0.0641. The first-order chi connectivity index (χ1) is 7.19. The zero-order valence-corrected chi connectivity index (χ0v) is 8.11. The molecule has 0 saturated carbocycles. The number of nitrogens with zero attached hydrogens (tertiary/aromatic N) is 1.